The van der Waals surface area contributed by atoms with E-state index in [0.717, 1.165) is 24.8 Å². The number of amides is 2. The zero-order chi connectivity index (χ0) is 22.5. The van der Waals surface area contributed by atoms with Crippen molar-refractivity contribution in [1.82, 2.24) is 25.2 Å². The van der Waals surface area contributed by atoms with Crippen molar-refractivity contribution in [2.24, 2.45) is 0 Å². The normalized spacial score (nSPS) is 15.9. The Balaban J connectivity index is 1.49. The summed E-state index contributed by atoms with van der Waals surface area (Å²) < 4.78 is 13.0. The minimum absolute atomic E-state index is 0.0924. The molecule has 2 aromatic heterocycles. The molecule has 164 valence electrons. The van der Waals surface area contributed by atoms with E-state index in [1.54, 1.807) is 48.5 Å². The third kappa shape index (κ3) is 4.80. The Morgan fingerprint density at radius 1 is 1.16 bits per heavy atom. The van der Waals surface area contributed by atoms with E-state index in [1.807, 2.05) is 0 Å². The summed E-state index contributed by atoms with van der Waals surface area (Å²) in [4.78, 5) is 40.5. The highest BCUT2D eigenvalue weighted by Crippen LogP contribution is 2.30. The Labute approximate surface area is 185 Å². The number of nitrogens with zero attached hydrogens (tertiary/aromatic N) is 4. The van der Waals surface area contributed by atoms with E-state index >= 15 is 0 Å². The molecule has 0 bridgehead atoms. The number of hydrogen-bond acceptors (Lipinski definition) is 5. The molecule has 2 amide bonds. The first-order chi connectivity index (χ1) is 15.5. The van der Waals surface area contributed by atoms with Crippen LogP contribution in [0.4, 0.5) is 4.39 Å². The van der Waals surface area contributed by atoms with E-state index in [-0.39, 0.29) is 30.2 Å². The molecule has 1 N–H and O–H groups in total. The molecule has 32 heavy (non-hydrogen) atoms. The van der Waals surface area contributed by atoms with Gasteiger partial charge in [-0.3, -0.25) is 14.6 Å². The fraction of sp³-hybridized carbons (Fsp3) is 0.292. The van der Waals surface area contributed by atoms with E-state index in [2.05, 4.69) is 20.3 Å². The number of likely N-dealkylation sites (tertiary alicyclic amines) is 1. The first kappa shape index (κ1) is 21.5. The molecule has 0 unspecified atom stereocenters. The first-order valence-electron chi connectivity index (χ1n) is 10.6. The number of hydrogen-bond donors (Lipinski definition) is 1. The number of benzene rings is 1. The summed E-state index contributed by atoms with van der Waals surface area (Å²) in [5.74, 6) is -0.177. The van der Waals surface area contributed by atoms with Crippen LogP contribution in [0.15, 0.2) is 55.0 Å². The molecular weight excluding hydrogens is 409 g/mol. The van der Waals surface area contributed by atoms with Crippen molar-refractivity contribution < 1.29 is 14.0 Å². The number of nitrogens with one attached hydrogen (secondary N) is 1. The van der Waals surface area contributed by atoms with Gasteiger partial charge in [-0.1, -0.05) is 12.1 Å². The third-order valence-corrected chi connectivity index (χ3v) is 5.58. The molecule has 1 aromatic carbocycles. The van der Waals surface area contributed by atoms with E-state index in [9.17, 15) is 14.0 Å². The van der Waals surface area contributed by atoms with E-state index in [1.165, 1.54) is 18.3 Å². The fourth-order valence-corrected chi connectivity index (χ4v) is 3.85. The first-order valence-corrected chi connectivity index (χ1v) is 10.6. The molecule has 0 aliphatic carbocycles. The van der Waals surface area contributed by atoms with Gasteiger partial charge in [0, 0.05) is 31.7 Å². The van der Waals surface area contributed by atoms with Gasteiger partial charge in [0.2, 0.25) is 0 Å². The zero-order valence-electron chi connectivity index (χ0n) is 17.8. The Bertz CT molecular complexity index is 1110. The molecule has 1 saturated heterocycles. The van der Waals surface area contributed by atoms with Crippen molar-refractivity contribution in [3.8, 4) is 0 Å². The van der Waals surface area contributed by atoms with Gasteiger partial charge in [-0.15, -0.1) is 0 Å². The molecule has 7 nitrogen and oxygen atoms in total. The van der Waals surface area contributed by atoms with Crippen LogP contribution in [0.1, 0.15) is 63.1 Å². The number of aromatic nitrogens is 3. The molecule has 0 radical (unpaired) electrons. The fourth-order valence-electron chi connectivity index (χ4n) is 3.85. The predicted octanol–water partition coefficient (Wildman–Crippen LogP) is 3.62. The predicted molar refractivity (Wildman–Crippen MR) is 116 cm³/mol. The van der Waals surface area contributed by atoms with Crippen LogP contribution in [0.2, 0.25) is 0 Å². The van der Waals surface area contributed by atoms with Gasteiger partial charge in [0.1, 0.15) is 5.82 Å². The molecule has 8 heteroatoms. The van der Waals surface area contributed by atoms with Crippen LogP contribution in [0.3, 0.4) is 0 Å². The highest BCUT2D eigenvalue weighted by molar-refractivity contribution is 5.95. The lowest BCUT2D eigenvalue weighted by Gasteiger charge is -2.34. The molecule has 0 spiro atoms. The van der Waals surface area contributed by atoms with Gasteiger partial charge in [0.15, 0.2) is 5.82 Å². The van der Waals surface area contributed by atoms with Crippen LogP contribution in [0.5, 0.6) is 0 Å². The minimum Gasteiger partial charge on any atom is -0.348 e. The second kappa shape index (κ2) is 9.64. The maximum atomic E-state index is 13.0. The maximum absolute atomic E-state index is 13.0. The molecule has 4 rings (SSSR count). The summed E-state index contributed by atoms with van der Waals surface area (Å²) in [5, 5.41) is 2.81. The van der Waals surface area contributed by atoms with Crippen LogP contribution >= 0.6 is 0 Å². The third-order valence-electron chi connectivity index (χ3n) is 5.58. The quantitative estimate of drug-likeness (QED) is 0.664. The summed E-state index contributed by atoms with van der Waals surface area (Å²) in [6, 6.07) is 9.21. The van der Waals surface area contributed by atoms with Gasteiger partial charge in [-0.25, -0.2) is 14.4 Å². The lowest BCUT2D eigenvalue weighted by Crippen LogP contribution is -2.39. The van der Waals surface area contributed by atoms with Crippen LogP contribution in [-0.4, -0.2) is 38.2 Å². The molecule has 1 aliphatic heterocycles. The topological polar surface area (TPSA) is 88.1 Å². The number of carbonyl (C=O) groups excluding carboxylic acids is 2. The Morgan fingerprint density at radius 2 is 1.97 bits per heavy atom. The summed E-state index contributed by atoms with van der Waals surface area (Å²) >= 11 is 0. The number of carbonyl (C=O) groups is 2. The Kier molecular flexibility index (Phi) is 6.49. The van der Waals surface area contributed by atoms with Gasteiger partial charge < -0.3 is 10.2 Å². The summed E-state index contributed by atoms with van der Waals surface area (Å²) in [5.41, 5.74) is 2.25. The average Bonchev–Trinajstić information content (AvgIpc) is 2.83. The largest absolute Gasteiger partial charge is 0.348 e. The molecular formula is C24H24FN5O2. The SMILES string of the molecule is Cc1nc([C@@H]2CCCCN2C(=O)c2cccnc2)ncc1C(=O)NCc1ccc(F)cc1. The van der Waals surface area contributed by atoms with Crippen molar-refractivity contribution in [3.05, 3.63) is 89.0 Å². The Morgan fingerprint density at radius 3 is 2.69 bits per heavy atom. The highest BCUT2D eigenvalue weighted by Gasteiger charge is 2.31. The minimum atomic E-state index is -0.321. The number of aryl methyl sites for hydroxylation is 1. The number of piperidine rings is 1. The molecule has 1 fully saturated rings. The van der Waals surface area contributed by atoms with Crippen LogP contribution < -0.4 is 5.32 Å². The monoisotopic (exact) mass is 433 g/mol. The molecule has 0 saturated carbocycles. The second-order valence-corrected chi connectivity index (χ2v) is 7.79. The van der Waals surface area contributed by atoms with Gasteiger partial charge >= 0.3 is 0 Å². The summed E-state index contributed by atoms with van der Waals surface area (Å²) in [7, 11) is 0. The highest BCUT2D eigenvalue weighted by atomic mass is 19.1. The standard InChI is InChI=1S/C24H24FN5O2/c1-16-20(23(31)28-13-17-7-9-19(25)10-8-17)15-27-22(29-16)21-6-2-3-12-30(21)24(32)18-5-4-11-26-14-18/h4-5,7-11,14-15,21H,2-3,6,12-13H2,1H3,(H,28,31)/t21-/m0/s1. The summed E-state index contributed by atoms with van der Waals surface area (Å²) in [6.45, 7) is 2.66. The second-order valence-electron chi connectivity index (χ2n) is 7.79. The average molecular weight is 433 g/mol. The van der Waals surface area contributed by atoms with E-state index in [4.69, 9.17) is 0 Å². The zero-order valence-corrected chi connectivity index (χ0v) is 17.8. The van der Waals surface area contributed by atoms with Crippen LogP contribution in [0, 0.1) is 12.7 Å². The van der Waals surface area contributed by atoms with Gasteiger partial charge in [-0.2, -0.15) is 0 Å². The van der Waals surface area contributed by atoms with Crippen molar-refractivity contribution in [3.63, 3.8) is 0 Å². The van der Waals surface area contributed by atoms with Gasteiger partial charge in [0.05, 0.1) is 22.9 Å². The molecule has 3 aromatic rings. The number of rotatable bonds is 5. The lowest BCUT2D eigenvalue weighted by atomic mass is 10.00. The van der Waals surface area contributed by atoms with E-state index < -0.39 is 0 Å². The summed E-state index contributed by atoms with van der Waals surface area (Å²) in [6.07, 6.45) is 7.38. The molecule has 1 atom stereocenters. The van der Waals surface area contributed by atoms with Crippen molar-refractivity contribution >= 4 is 11.8 Å². The van der Waals surface area contributed by atoms with Gasteiger partial charge in [-0.05, 0) is 56.0 Å². The molecule has 3 heterocycles. The van der Waals surface area contributed by atoms with Crippen LogP contribution in [-0.2, 0) is 6.54 Å². The smallest absolute Gasteiger partial charge is 0.256 e. The van der Waals surface area contributed by atoms with E-state index in [0.29, 0.717) is 29.2 Å². The molecule has 1 aliphatic rings. The van der Waals surface area contributed by atoms with Gasteiger partial charge in [0.25, 0.3) is 11.8 Å². The van der Waals surface area contributed by atoms with Crippen molar-refractivity contribution in [2.75, 3.05) is 6.54 Å². The number of pyridine rings is 1. The maximum Gasteiger partial charge on any atom is 0.256 e. The van der Waals surface area contributed by atoms with Crippen molar-refractivity contribution in [1.29, 1.82) is 0 Å². The lowest BCUT2D eigenvalue weighted by molar-refractivity contribution is 0.0598. The van der Waals surface area contributed by atoms with Crippen LogP contribution in [0.25, 0.3) is 0 Å². The Hall–Kier alpha value is -3.68. The number of halogens is 1. The van der Waals surface area contributed by atoms with Crippen molar-refractivity contribution in [2.45, 2.75) is 38.8 Å².